The molecule has 4 heteroatoms. The molecule has 50 valence electrons. The summed E-state index contributed by atoms with van der Waals surface area (Å²) in [4.78, 5) is 10.3. The third kappa shape index (κ3) is 0.955. The second kappa shape index (κ2) is 2.48. The van der Waals surface area contributed by atoms with Gasteiger partial charge in [0.15, 0.2) is 0 Å². The van der Waals surface area contributed by atoms with Crippen LogP contribution in [0.3, 0.4) is 0 Å². The summed E-state index contributed by atoms with van der Waals surface area (Å²) in [6, 6.07) is 0. The van der Waals surface area contributed by atoms with Crippen LogP contribution in [0.1, 0.15) is 0 Å². The van der Waals surface area contributed by atoms with Gasteiger partial charge in [-0.05, 0) is 0 Å². The molecule has 2 rings (SSSR count). The van der Waals surface area contributed by atoms with E-state index in [0.717, 1.165) is 0 Å². The van der Waals surface area contributed by atoms with E-state index in [1.165, 1.54) is 9.75 Å². The lowest BCUT2D eigenvalue weighted by atomic mass is 10.5. The highest BCUT2D eigenvalue weighted by Gasteiger charge is 1.98. The summed E-state index contributed by atoms with van der Waals surface area (Å²) in [6.45, 7) is 0. The molecule has 0 amide bonds. The summed E-state index contributed by atoms with van der Waals surface area (Å²) >= 11 is 3.28. The molecule has 0 saturated heterocycles. The first-order valence-corrected chi connectivity index (χ1v) is 4.50. The summed E-state index contributed by atoms with van der Waals surface area (Å²) in [5, 5.41) is 0. The van der Waals surface area contributed by atoms with Crippen molar-refractivity contribution in [1.82, 2.24) is 9.97 Å². The minimum atomic E-state index is 1.20. The minimum absolute atomic E-state index is 1.20. The van der Waals surface area contributed by atoms with Crippen LogP contribution in [0.5, 0.6) is 0 Å². The molecule has 0 fully saturated rings. The Balaban J connectivity index is 2.48. The number of hydrogen-bond acceptors (Lipinski definition) is 4. The van der Waals surface area contributed by atoms with E-state index in [-0.39, 0.29) is 0 Å². The lowest BCUT2D eigenvalue weighted by Crippen LogP contribution is -1.58. The van der Waals surface area contributed by atoms with Gasteiger partial charge in [-0.15, -0.1) is 22.7 Å². The zero-order valence-corrected chi connectivity index (χ0v) is 6.65. The SMILES string of the molecule is c1ncc(-c2cncs2)s1. The van der Waals surface area contributed by atoms with Crippen molar-refractivity contribution in [3.05, 3.63) is 23.4 Å². The maximum absolute atomic E-state index is 3.98. The normalized spacial score (nSPS) is 10.0. The first kappa shape index (κ1) is 6.00. The standard InChI is InChI=1S/C6H4N2S2/c1-5(9-3-7-1)6-2-8-4-10-6/h1-4H. The van der Waals surface area contributed by atoms with Crippen molar-refractivity contribution in [3.8, 4) is 9.75 Å². The minimum Gasteiger partial charge on any atom is -0.252 e. The zero-order valence-electron chi connectivity index (χ0n) is 5.02. The van der Waals surface area contributed by atoms with Gasteiger partial charge in [0, 0.05) is 12.4 Å². The molecule has 2 aromatic heterocycles. The predicted octanol–water partition coefficient (Wildman–Crippen LogP) is 2.27. The van der Waals surface area contributed by atoms with Crippen LogP contribution in [-0.2, 0) is 0 Å². The van der Waals surface area contributed by atoms with Gasteiger partial charge in [0.2, 0.25) is 0 Å². The molecule has 2 heterocycles. The van der Waals surface area contributed by atoms with Crippen molar-refractivity contribution in [2.24, 2.45) is 0 Å². The maximum atomic E-state index is 3.98. The van der Waals surface area contributed by atoms with Crippen LogP contribution in [0.4, 0.5) is 0 Å². The van der Waals surface area contributed by atoms with Crippen LogP contribution in [0, 0.1) is 0 Å². The van der Waals surface area contributed by atoms with E-state index < -0.39 is 0 Å². The molecule has 0 N–H and O–H groups in total. The van der Waals surface area contributed by atoms with Gasteiger partial charge in [0.25, 0.3) is 0 Å². The topological polar surface area (TPSA) is 25.8 Å². The van der Waals surface area contributed by atoms with E-state index in [0.29, 0.717) is 0 Å². The Morgan fingerprint density at radius 3 is 1.70 bits per heavy atom. The van der Waals surface area contributed by atoms with Crippen LogP contribution < -0.4 is 0 Å². The molecule has 0 aliphatic heterocycles. The lowest BCUT2D eigenvalue weighted by Gasteiger charge is -1.81. The van der Waals surface area contributed by atoms with Gasteiger partial charge in [0.05, 0.1) is 20.8 Å². The molecule has 2 aromatic rings. The second-order valence-electron chi connectivity index (χ2n) is 1.73. The first-order valence-electron chi connectivity index (χ1n) is 2.74. The van der Waals surface area contributed by atoms with E-state index in [9.17, 15) is 0 Å². The molecule has 0 radical (unpaired) electrons. The van der Waals surface area contributed by atoms with Crippen LogP contribution in [0.2, 0.25) is 0 Å². The van der Waals surface area contributed by atoms with Crippen LogP contribution in [0.25, 0.3) is 9.75 Å². The molecule has 0 unspecified atom stereocenters. The lowest BCUT2D eigenvalue weighted by molar-refractivity contribution is 1.41. The monoisotopic (exact) mass is 168 g/mol. The van der Waals surface area contributed by atoms with Crippen molar-refractivity contribution in [3.63, 3.8) is 0 Å². The fraction of sp³-hybridized carbons (Fsp3) is 0. The van der Waals surface area contributed by atoms with Gasteiger partial charge in [-0.3, -0.25) is 9.97 Å². The molecular weight excluding hydrogens is 164 g/mol. The highest BCUT2D eigenvalue weighted by Crippen LogP contribution is 2.25. The van der Waals surface area contributed by atoms with E-state index in [1.807, 2.05) is 23.4 Å². The Labute approximate surface area is 66.2 Å². The molecule has 0 atom stereocenters. The Bertz CT molecular complexity index is 253. The number of thiazole rings is 2. The molecule has 0 spiro atoms. The Hall–Kier alpha value is -0.740. The summed E-state index contributed by atoms with van der Waals surface area (Å²) < 4.78 is 0. The molecule has 0 aromatic carbocycles. The fourth-order valence-electron chi connectivity index (χ4n) is 0.675. The largest absolute Gasteiger partial charge is 0.252 e. The Morgan fingerprint density at radius 1 is 0.900 bits per heavy atom. The van der Waals surface area contributed by atoms with Gasteiger partial charge in [-0.1, -0.05) is 0 Å². The van der Waals surface area contributed by atoms with Crippen LogP contribution in [-0.4, -0.2) is 9.97 Å². The Kier molecular flexibility index (Phi) is 1.49. The quantitative estimate of drug-likeness (QED) is 0.652. The van der Waals surface area contributed by atoms with E-state index in [4.69, 9.17) is 0 Å². The highest BCUT2D eigenvalue weighted by atomic mass is 32.1. The van der Waals surface area contributed by atoms with Crippen molar-refractivity contribution in [1.29, 1.82) is 0 Å². The van der Waals surface area contributed by atoms with Gasteiger partial charge in [-0.2, -0.15) is 0 Å². The molecular formula is C6H4N2S2. The molecule has 0 aliphatic rings. The summed E-state index contributed by atoms with van der Waals surface area (Å²) in [5.41, 5.74) is 3.66. The van der Waals surface area contributed by atoms with Crippen molar-refractivity contribution < 1.29 is 0 Å². The third-order valence-electron chi connectivity index (χ3n) is 1.11. The van der Waals surface area contributed by atoms with E-state index in [2.05, 4.69) is 9.97 Å². The van der Waals surface area contributed by atoms with E-state index >= 15 is 0 Å². The summed E-state index contributed by atoms with van der Waals surface area (Å²) in [7, 11) is 0. The van der Waals surface area contributed by atoms with Crippen molar-refractivity contribution in [2.45, 2.75) is 0 Å². The molecule has 0 saturated carbocycles. The van der Waals surface area contributed by atoms with Crippen molar-refractivity contribution >= 4 is 22.7 Å². The number of aromatic nitrogens is 2. The van der Waals surface area contributed by atoms with Crippen molar-refractivity contribution in [2.75, 3.05) is 0 Å². The fourth-order valence-corrected chi connectivity index (χ4v) is 2.02. The van der Waals surface area contributed by atoms with Crippen LogP contribution >= 0.6 is 22.7 Å². The van der Waals surface area contributed by atoms with Gasteiger partial charge in [0.1, 0.15) is 0 Å². The summed E-state index contributed by atoms with van der Waals surface area (Å²) in [5.74, 6) is 0. The average molecular weight is 168 g/mol. The van der Waals surface area contributed by atoms with Gasteiger partial charge < -0.3 is 0 Å². The zero-order chi connectivity index (χ0) is 6.81. The number of rotatable bonds is 1. The highest BCUT2D eigenvalue weighted by molar-refractivity contribution is 7.20. The predicted molar refractivity (Wildman–Crippen MR) is 43.2 cm³/mol. The second-order valence-corrected chi connectivity index (χ2v) is 3.50. The number of nitrogens with zero attached hydrogens (tertiary/aromatic N) is 2. The molecule has 0 aliphatic carbocycles. The number of hydrogen-bond donors (Lipinski definition) is 0. The maximum Gasteiger partial charge on any atom is 0.0798 e. The third-order valence-corrected chi connectivity index (χ3v) is 2.85. The molecule has 2 nitrogen and oxygen atoms in total. The summed E-state index contributed by atoms with van der Waals surface area (Å²) in [6.07, 6.45) is 3.72. The molecule has 0 bridgehead atoms. The van der Waals surface area contributed by atoms with Gasteiger partial charge in [-0.25, -0.2) is 0 Å². The van der Waals surface area contributed by atoms with Gasteiger partial charge >= 0.3 is 0 Å². The first-order chi connectivity index (χ1) is 4.97. The molecule has 10 heavy (non-hydrogen) atoms. The average Bonchev–Trinajstić information content (AvgIpc) is 2.59. The Morgan fingerprint density at radius 2 is 1.40 bits per heavy atom. The van der Waals surface area contributed by atoms with E-state index in [1.54, 1.807) is 22.7 Å². The smallest absolute Gasteiger partial charge is 0.0798 e. The van der Waals surface area contributed by atoms with Crippen LogP contribution in [0.15, 0.2) is 23.4 Å².